The fourth-order valence-electron chi connectivity index (χ4n) is 3.03. The Bertz CT molecular complexity index is 1010. The largest absolute Gasteiger partial charge is 0.504 e. The highest BCUT2D eigenvalue weighted by Crippen LogP contribution is 2.36. The first kappa shape index (κ1) is 19.5. The highest BCUT2D eigenvalue weighted by molar-refractivity contribution is 6.30. The lowest BCUT2D eigenvalue weighted by atomic mass is 10.0. The van der Waals surface area contributed by atoms with Gasteiger partial charge in [-0.05, 0) is 55.0 Å². The minimum Gasteiger partial charge on any atom is -0.504 e. The maximum Gasteiger partial charge on any atom is 0.340 e. The maximum atomic E-state index is 13.2. The van der Waals surface area contributed by atoms with Crippen molar-refractivity contribution in [3.05, 3.63) is 69.9 Å². The van der Waals surface area contributed by atoms with E-state index in [1.807, 2.05) is 0 Å². The number of hydrogen-bond acceptors (Lipinski definition) is 5. The van der Waals surface area contributed by atoms with Crippen LogP contribution < -0.4 is 9.64 Å². The van der Waals surface area contributed by atoms with Crippen LogP contribution in [0.4, 0.5) is 5.69 Å². The molecule has 0 aliphatic carbocycles. The van der Waals surface area contributed by atoms with Gasteiger partial charge in [-0.1, -0.05) is 17.7 Å². The monoisotopic (exact) mass is 399 g/mol. The second kappa shape index (κ2) is 7.78. The zero-order valence-electron chi connectivity index (χ0n) is 15.5. The molecular weight excluding hydrogens is 382 g/mol. The van der Waals surface area contributed by atoms with E-state index in [1.165, 1.54) is 25.2 Å². The number of allylic oxidation sites excluding steroid dienone is 1. The van der Waals surface area contributed by atoms with Crippen LogP contribution in [0.5, 0.6) is 11.5 Å². The number of ether oxygens (including phenoxy) is 2. The Hall–Kier alpha value is -3.25. The van der Waals surface area contributed by atoms with Crippen LogP contribution in [-0.4, -0.2) is 31.2 Å². The van der Waals surface area contributed by atoms with Gasteiger partial charge in [-0.15, -0.1) is 0 Å². The molecule has 2 aromatic rings. The summed E-state index contributed by atoms with van der Waals surface area (Å²) in [4.78, 5) is 27.0. The lowest BCUT2D eigenvalue weighted by Crippen LogP contribution is -2.24. The van der Waals surface area contributed by atoms with E-state index in [0.717, 1.165) is 0 Å². The average molecular weight is 400 g/mol. The molecule has 0 unspecified atom stereocenters. The van der Waals surface area contributed by atoms with E-state index >= 15 is 0 Å². The van der Waals surface area contributed by atoms with Gasteiger partial charge in [-0.3, -0.25) is 9.69 Å². The van der Waals surface area contributed by atoms with Gasteiger partial charge < -0.3 is 14.6 Å². The normalized spacial score (nSPS) is 15.4. The quantitative estimate of drug-likeness (QED) is 0.622. The summed E-state index contributed by atoms with van der Waals surface area (Å²) < 4.78 is 9.99. The molecular formula is C21H18ClNO5. The van der Waals surface area contributed by atoms with E-state index in [0.29, 0.717) is 22.0 Å². The van der Waals surface area contributed by atoms with E-state index in [4.69, 9.17) is 21.1 Å². The molecule has 0 saturated carbocycles. The fourth-order valence-corrected chi connectivity index (χ4v) is 3.16. The van der Waals surface area contributed by atoms with E-state index in [2.05, 4.69) is 0 Å². The van der Waals surface area contributed by atoms with E-state index in [-0.39, 0.29) is 28.6 Å². The van der Waals surface area contributed by atoms with Crippen molar-refractivity contribution in [3.8, 4) is 11.5 Å². The van der Waals surface area contributed by atoms with Crippen LogP contribution in [0, 0.1) is 0 Å². The minimum atomic E-state index is -0.612. The van der Waals surface area contributed by atoms with Gasteiger partial charge in [0, 0.05) is 16.4 Å². The summed E-state index contributed by atoms with van der Waals surface area (Å²) in [5.74, 6) is -0.744. The third kappa shape index (κ3) is 3.46. The number of carbonyl (C=O) groups excluding carboxylic acids is 2. The third-order valence-electron chi connectivity index (χ3n) is 4.39. The second-order valence-corrected chi connectivity index (χ2v) is 6.49. The first-order valence-electron chi connectivity index (χ1n) is 8.35. The molecule has 0 radical (unpaired) electrons. The summed E-state index contributed by atoms with van der Waals surface area (Å²) in [5.41, 5.74) is 1.99. The maximum absolute atomic E-state index is 13.2. The molecule has 0 atom stereocenters. The lowest BCUT2D eigenvalue weighted by Gasteiger charge is -2.17. The van der Waals surface area contributed by atoms with Crippen molar-refractivity contribution >= 4 is 35.2 Å². The Morgan fingerprint density at radius 3 is 2.43 bits per heavy atom. The molecule has 1 N–H and O–H groups in total. The first-order chi connectivity index (χ1) is 13.4. The van der Waals surface area contributed by atoms with E-state index in [1.54, 1.807) is 49.4 Å². The molecule has 1 aliphatic rings. The van der Waals surface area contributed by atoms with Crippen molar-refractivity contribution in [2.75, 3.05) is 19.1 Å². The van der Waals surface area contributed by atoms with Crippen molar-refractivity contribution in [2.45, 2.75) is 6.92 Å². The standard InChI is InChI=1S/C21H18ClNO5/c1-12-19(21(26)28-3)16(10-13-4-9-17(24)18(11-13)27-2)20(25)23(12)15-7-5-14(22)6-8-15/h4-11,24H,1-3H3/b16-10-. The Morgan fingerprint density at radius 1 is 1.14 bits per heavy atom. The number of phenolic OH excluding ortho intramolecular Hbond substituents is 1. The molecule has 2 aromatic carbocycles. The topological polar surface area (TPSA) is 76.1 Å². The number of halogens is 1. The van der Waals surface area contributed by atoms with Crippen LogP contribution >= 0.6 is 11.6 Å². The second-order valence-electron chi connectivity index (χ2n) is 6.06. The molecule has 144 valence electrons. The predicted molar refractivity (Wildman–Crippen MR) is 106 cm³/mol. The molecule has 7 heteroatoms. The number of hydrogen-bond donors (Lipinski definition) is 1. The Balaban J connectivity index is 2.13. The number of rotatable bonds is 4. The number of nitrogens with zero attached hydrogens (tertiary/aromatic N) is 1. The highest BCUT2D eigenvalue weighted by Gasteiger charge is 2.37. The van der Waals surface area contributed by atoms with Gasteiger partial charge in [0.25, 0.3) is 5.91 Å². The van der Waals surface area contributed by atoms with Crippen LogP contribution in [0.2, 0.25) is 5.02 Å². The van der Waals surface area contributed by atoms with Gasteiger partial charge in [0.1, 0.15) is 0 Å². The predicted octanol–water partition coefficient (Wildman–Crippen LogP) is 3.93. The van der Waals surface area contributed by atoms with Gasteiger partial charge in [0.05, 0.1) is 25.4 Å². The van der Waals surface area contributed by atoms with Gasteiger partial charge >= 0.3 is 5.97 Å². The summed E-state index contributed by atoms with van der Waals surface area (Å²) in [5, 5.41) is 10.3. The SMILES string of the molecule is COC(=O)C1=C(C)N(c2ccc(Cl)cc2)C(=O)/C1=C\c1ccc(O)c(OC)c1. The number of benzene rings is 2. The summed E-state index contributed by atoms with van der Waals surface area (Å²) in [7, 11) is 2.69. The number of anilines is 1. The van der Waals surface area contributed by atoms with Crippen LogP contribution in [0.25, 0.3) is 6.08 Å². The number of amides is 1. The van der Waals surface area contributed by atoms with Gasteiger partial charge in [0.15, 0.2) is 11.5 Å². The van der Waals surface area contributed by atoms with Gasteiger partial charge in [-0.2, -0.15) is 0 Å². The molecule has 0 fully saturated rings. The molecule has 6 nitrogen and oxygen atoms in total. The van der Waals surface area contributed by atoms with Gasteiger partial charge in [-0.25, -0.2) is 4.79 Å². The zero-order chi connectivity index (χ0) is 20.4. The Labute approximate surface area is 167 Å². The fraction of sp³-hybridized carbons (Fsp3) is 0.143. The smallest absolute Gasteiger partial charge is 0.340 e. The van der Waals surface area contributed by atoms with Gasteiger partial charge in [0.2, 0.25) is 0 Å². The molecule has 3 rings (SSSR count). The molecule has 1 heterocycles. The third-order valence-corrected chi connectivity index (χ3v) is 4.64. The van der Waals surface area contributed by atoms with E-state index in [9.17, 15) is 14.7 Å². The molecule has 0 bridgehead atoms. The Kier molecular flexibility index (Phi) is 5.42. The summed E-state index contributed by atoms with van der Waals surface area (Å²) >= 11 is 5.94. The molecule has 0 spiro atoms. The lowest BCUT2D eigenvalue weighted by molar-refractivity contribution is -0.136. The van der Waals surface area contributed by atoms with Crippen molar-refractivity contribution in [1.82, 2.24) is 0 Å². The zero-order valence-corrected chi connectivity index (χ0v) is 16.3. The molecule has 1 aliphatic heterocycles. The van der Waals surface area contributed by atoms with Crippen molar-refractivity contribution in [3.63, 3.8) is 0 Å². The summed E-state index contributed by atoms with van der Waals surface area (Å²) in [6, 6.07) is 11.4. The number of carbonyl (C=O) groups is 2. The molecule has 0 saturated heterocycles. The molecule has 28 heavy (non-hydrogen) atoms. The molecule has 1 amide bonds. The summed E-state index contributed by atoms with van der Waals surface area (Å²) in [6.45, 7) is 1.68. The van der Waals surface area contributed by atoms with Crippen molar-refractivity contribution in [1.29, 1.82) is 0 Å². The number of methoxy groups -OCH3 is 2. The minimum absolute atomic E-state index is 0.0231. The van der Waals surface area contributed by atoms with Crippen LogP contribution in [-0.2, 0) is 14.3 Å². The first-order valence-corrected chi connectivity index (χ1v) is 8.73. The number of esters is 1. The molecule has 0 aromatic heterocycles. The Morgan fingerprint density at radius 2 is 1.82 bits per heavy atom. The van der Waals surface area contributed by atoms with Crippen LogP contribution in [0.1, 0.15) is 12.5 Å². The van der Waals surface area contributed by atoms with Crippen molar-refractivity contribution in [2.24, 2.45) is 0 Å². The van der Waals surface area contributed by atoms with Crippen LogP contribution in [0.15, 0.2) is 59.3 Å². The van der Waals surface area contributed by atoms with Crippen molar-refractivity contribution < 1.29 is 24.2 Å². The summed E-state index contributed by atoms with van der Waals surface area (Å²) in [6.07, 6.45) is 1.57. The number of phenols is 1. The average Bonchev–Trinajstić information content (AvgIpc) is 2.93. The van der Waals surface area contributed by atoms with Crippen LogP contribution in [0.3, 0.4) is 0 Å². The highest BCUT2D eigenvalue weighted by atomic mass is 35.5. The van der Waals surface area contributed by atoms with E-state index < -0.39 is 5.97 Å². The number of aromatic hydroxyl groups is 1.